The zero-order valence-electron chi connectivity index (χ0n) is 19.6. The molecule has 7 nitrogen and oxygen atoms in total. The molecular formula is C25H25ClF3NO6S. The number of carbonyl (C=O) groups is 1. The molecular weight excluding hydrogens is 535 g/mol. The molecule has 37 heavy (non-hydrogen) atoms. The van der Waals surface area contributed by atoms with Gasteiger partial charge in [0, 0.05) is 23.4 Å². The van der Waals surface area contributed by atoms with E-state index in [1.54, 1.807) is 0 Å². The first kappa shape index (κ1) is 26.4. The van der Waals surface area contributed by atoms with Crippen LogP contribution in [0.25, 0.3) is 0 Å². The SMILES string of the molecule is O=C(Nc1cc(F)c(F)c(F)c1)c1ccc(Cl)c(S(=O)(=O)C2C3CCC2CC(O)(COCC2CO2)C3)c1. The van der Waals surface area contributed by atoms with Gasteiger partial charge >= 0.3 is 0 Å². The fourth-order valence-corrected chi connectivity index (χ4v) is 8.49. The monoisotopic (exact) mass is 559 g/mol. The van der Waals surface area contributed by atoms with Gasteiger partial charge in [0.1, 0.15) is 6.10 Å². The van der Waals surface area contributed by atoms with Crippen LogP contribution < -0.4 is 5.32 Å². The fraction of sp³-hybridized carbons (Fsp3) is 0.480. The van der Waals surface area contributed by atoms with Crippen molar-refractivity contribution in [3.63, 3.8) is 0 Å². The largest absolute Gasteiger partial charge is 0.387 e. The zero-order valence-corrected chi connectivity index (χ0v) is 21.1. The number of sulfone groups is 1. The number of fused-ring (bicyclic) bond motifs is 2. The lowest BCUT2D eigenvalue weighted by Gasteiger charge is -2.40. The van der Waals surface area contributed by atoms with E-state index in [9.17, 15) is 31.5 Å². The Kier molecular flexibility index (Phi) is 7.03. The first-order valence-corrected chi connectivity index (χ1v) is 13.8. The first-order valence-electron chi connectivity index (χ1n) is 11.9. The summed E-state index contributed by atoms with van der Waals surface area (Å²) in [7, 11) is -4.00. The summed E-state index contributed by atoms with van der Waals surface area (Å²) in [6, 6.07) is 4.91. The van der Waals surface area contributed by atoms with Crippen LogP contribution >= 0.6 is 11.6 Å². The summed E-state index contributed by atoms with van der Waals surface area (Å²) in [5.41, 5.74) is -1.57. The highest BCUT2D eigenvalue weighted by molar-refractivity contribution is 7.92. The highest BCUT2D eigenvalue weighted by atomic mass is 35.5. The lowest BCUT2D eigenvalue weighted by Crippen LogP contribution is -2.48. The average Bonchev–Trinajstić information content (AvgIpc) is 3.59. The number of amides is 1. The van der Waals surface area contributed by atoms with E-state index in [0.717, 1.165) is 6.07 Å². The predicted molar refractivity (Wildman–Crippen MR) is 128 cm³/mol. The van der Waals surface area contributed by atoms with Crippen LogP contribution in [0.4, 0.5) is 18.9 Å². The molecule has 3 fully saturated rings. The molecule has 1 amide bonds. The zero-order chi connectivity index (χ0) is 26.5. The quantitative estimate of drug-likeness (QED) is 0.372. The number of ether oxygens (including phenoxy) is 2. The number of nitrogens with one attached hydrogen (secondary N) is 1. The Balaban J connectivity index is 1.34. The van der Waals surface area contributed by atoms with Crippen molar-refractivity contribution in [2.45, 2.75) is 47.5 Å². The van der Waals surface area contributed by atoms with Crippen molar-refractivity contribution >= 4 is 33.0 Å². The summed E-state index contributed by atoms with van der Waals surface area (Å²) < 4.78 is 78.5. The van der Waals surface area contributed by atoms with Gasteiger partial charge in [0.15, 0.2) is 27.3 Å². The van der Waals surface area contributed by atoms with Crippen LogP contribution in [0, 0.1) is 29.3 Å². The van der Waals surface area contributed by atoms with E-state index in [-0.39, 0.29) is 58.6 Å². The van der Waals surface area contributed by atoms with Gasteiger partial charge in [0.25, 0.3) is 5.91 Å². The number of epoxide rings is 1. The molecule has 3 atom stereocenters. The second kappa shape index (κ2) is 9.85. The third kappa shape index (κ3) is 5.37. The maximum Gasteiger partial charge on any atom is 0.255 e. The summed E-state index contributed by atoms with van der Waals surface area (Å²) >= 11 is 6.27. The van der Waals surface area contributed by atoms with Crippen molar-refractivity contribution in [1.82, 2.24) is 0 Å². The Morgan fingerprint density at radius 1 is 1.14 bits per heavy atom. The molecule has 1 aliphatic heterocycles. The van der Waals surface area contributed by atoms with Crippen LogP contribution in [0.2, 0.25) is 5.02 Å². The van der Waals surface area contributed by atoms with E-state index in [1.807, 2.05) is 0 Å². The molecule has 2 aromatic rings. The number of hydrogen-bond donors (Lipinski definition) is 2. The van der Waals surface area contributed by atoms with Gasteiger partial charge in [-0.25, -0.2) is 21.6 Å². The molecule has 200 valence electrons. The minimum absolute atomic E-state index is 0.0600. The number of halogens is 4. The minimum Gasteiger partial charge on any atom is -0.387 e. The summed E-state index contributed by atoms with van der Waals surface area (Å²) in [5.74, 6) is -6.10. The molecule has 5 rings (SSSR count). The van der Waals surface area contributed by atoms with Gasteiger partial charge in [0.05, 0.1) is 40.6 Å². The molecule has 2 N–H and O–H groups in total. The summed E-state index contributed by atoms with van der Waals surface area (Å²) in [5, 5.41) is 12.5. The number of anilines is 1. The van der Waals surface area contributed by atoms with Gasteiger partial charge < -0.3 is 19.9 Å². The molecule has 0 aromatic heterocycles. The van der Waals surface area contributed by atoms with E-state index in [4.69, 9.17) is 21.1 Å². The van der Waals surface area contributed by atoms with Crippen LogP contribution in [0.1, 0.15) is 36.0 Å². The average molecular weight is 560 g/mol. The number of aliphatic hydroxyl groups is 1. The van der Waals surface area contributed by atoms with Crippen LogP contribution in [-0.2, 0) is 19.3 Å². The Morgan fingerprint density at radius 3 is 2.35 bits per heavy atom. The molecule has 2 aliphatic carbocycles. The van der Waals surface area contributed by atoms with Crippen LogP contribution in [0.15, 0.2) is 35.2 Å². The van der Waals surface area contributed by atoms with Crippen molar-refractivity contribution in [3.05, 3.63) is 58.4 Å². The molecule has 2 bridgehead atoms. The van der Waals surface area contributed by atoms with Crippen LogP contribution in [0.5, 0.6) is 0 Å². The maximum absolute atomic E-state index is 13.8. The van der Waals surface area contributed by atoms with Gasteiger partial charge in [-0.3, -0.25) is 4.79 Å². The Labute approximate surface area is 216 Å². The normalized spacial score (nSPS) is 28.8. The van der Waals surface area contributed by atoms with Gasteiger partial charge in [0.2, 0.25) is 0 Å². The van der Waals surface area contributed by atoms with Gasteiger partial charge in [-0.1, -0.05) is 11.6 Å². The number of hydrogen-bond acceptors (Lipinski definition) is 6. The van der Waals surface area contributed by atoms with Crippen molar-refractivity contribution < 1.29 is 41.0 Å². The Morgan fingerprint density at radius 2 is 1.76 bits per heavy atom. The van der Waals surface area contributed by atoms with Crippen LogP contribution in [-0.4, -0.2) is 56.2 Å². The molecule has 3 unspecified atom stereocenters. The lowest BCUT2D eigenvalue weighted by atomic mass is 9.77. The van der Waals surface area contributed by atoms with Gasteiger partial charge in [-0.2, -0.15) is 0 Å². The maximum atomic E-state index is 13.8. The van der Waals surface area contributed by atoms with Crippen molar-refractivity contribution in [3.8, 4) is 0 Å². The number of benzene rings is 2. The molecule has 12 heteroatoms. The number of carbonyl (C=O) groups excluding carboxylic acids is 1. The highest BCUT2D eigenvalue weighted by Crippen LogP contribution is 2.51. The summed E-state index contributed by atoms with van der Waals surface area (Å²) in [6.45, 7) is 1.13. The second-order valence-corrected chi connectivity index (χ2v) is 12.5. The van der Waals surface area contributed by atoms with Crippen molar-refractivity contribution in [1.29, 1.82) is 0 Å². The molecule has 1 saturated heterocycles. The lowest BCUT2D eigenvalue weighted by molar-refractivity contribution is -0.0842. The third-order valence-electron chi connectivity index (χ3n) is 7.30. The molecule has 0 spiro atoms. The number of rotatable bonds is 8. The molecule has 1 heterocycles. The third-order valence-corrected chi connectivity index (χ3v) is 10.2. The fourth-order valence-electron chi connectivity index (χ4n) is 5.65. The van der Waals surface area contributed by atoms with Crippen LogP contribution in [0.3, 0.4) is 0 Å². The molecule has 2 saturated carbocycles. The Bertz CT molecular complexity index is 1300. The van der Waals surface area contributed by atoms with E-state index < -0.39 is 44.0 Å². The van der Waals surface area contributed by atoms with Gasteiger partial charge in [-0.15, -0.1) is 0 Å². The van der Waals surface area contributed by atoms with E-state index in [2.05, 4.69) is 5.32 Å². The minimum atomic E-state index is -4.00. The van der Waals surface area contributed by atoms with E-state index >= 15 is 0 Å². The standard InChI is InChI=1S/C25H25ClF3NO6S/c26-18-4-3-13(24(31)30-16-6-19(27)22(29)20(28)7-16)5-21(18)37(33,34)23-14-1-2-15(23)9-25(32,8-14)12-35-10-17-11-36-17/h3-7,14-15,17,23,32H,1-2,8-12H2,(H,30,31). The first-order chi connectivity index (χ1) is 17.5. The van der Waals surface area contributed by atoms with E-state index in [0.29, 0.717) is 38.2 Å². The summed E-state index contributed by atoms with van der Waals surface area (Å²) in [4.78, 5) is 12.5. The predicted octanol–water partition coefficient (Wildman–Crippen LogP) is 4.12. The Hall–Kier alpha value is -2.18. The highest BCUT2D eigenvalue weighted by Gasteiger charge is 2.54. The van der Waals surface area contributed by atoms with Gasteiger partial charge in [-0.05, 0) is 55.7 Å². The van der Waals surface area contributed by atoms with Crippen molar-refractivity contribution in [2.24, 2.45) is 11.8 Å². The summed E-state index contributed by atoms with van der Waals surface area (Å²) in [6.07, 6.45) is 1.84. The van der Waals surface area contributed by atoms with E-state index in [1.165, 1.54) is 12.1 Å². The topological polar surface area (TPSA) is 105 Å². The molecule has 2 aromatic carbocycles. The second-order valence-electron chi connectivity index (χ2n) is 10.1. The smallest absolute Gasteiger partial charge is 0.255 e. The van der Waals surface area contributed by atoms with Crippen molar-refractivity contribution in [2.75, 3.05) is 25.1 Å². The molecule has 0 radical (unpaired) electrons. The molecule has 3 aliphatic rings.